The van der Waals surface area contributed by atoms with Gasteiger partial charge in [-0.2, -0.15) is 0 Å². The molecule has 0 aliphatic carbocycles. The van der Waals surface area contributed by atoms with Crippen molar-refractivity contribution in [3.8, 4) is 0 Å². The van der Waals surface area contributed by atoms with Gasteiger partial charge in [0.25, 0.3) is 0 Å². The highest BCUT2D eigenvalue weighted by atomic mass is 32.1. The summed E-state index contributed by atoms with van der Waals surface area (Å²) in [5.41, 5.74) is 1.16. The third kappa shape index (κ3) is 0.743. The van der Waals surface area contributed by atoms with Crippen molar-refractivity contribution >= 4 is 22.2 Å². The van der Waals surface area contributed by atoms with Gasteiger partial charge in [-0.15, -0.1) is 11.3 Å². The maximum absolute atomic E-state index is 10.8. The highest BCUT2D eigenvalue weighted by Crippen LogP contribution is 2.31. The molecular weight excluding hydrogens is 146 g/mol. The number of amides is 1. The molecule has 0 saturated carbocycles. The maximum atomic E-state index is 10.8. The fourth-order valence-electron chi connectivity index (χ4n) is 1.15. The molecule has 0 spiro atoms. The van der Waals surface area contributed by atoms with Crippen LogP contribution in [-0.4, -0.2) is 5.91 Å². The molecule has 1 N–H and O–H groups in total. The van der Waals surface area contributed by atoms with Crippen molar-refractivity contribution < 1.29 is 4.79 Å². The third-order valence-corrected chi connectivity index (χ3v) is 2.54. The quantitative estimate of drug-likeness (QED) is 0.602. The van der Waals surface area contributed by atoms with Gasteiger partial charge in [0.2, 0.25) is 5.91 Å². The Balaban J connectivity index is 2.47. The molecule has 1 amide bonds. The molecule has 1 aromatic rings. The lowest BCUT2D eigenvalue weighted by molar-refractivity contribution is -0.115. The average Bonchev–Trinajstić information content (AvgIpc) is 2.21. The number of carbonyl (C=O) groups is 1. The molecule has 1 aliphatic rings. The largest absolute Gasteiger partial charge is 0.317 e. The fraction of sp³-hybridized carbons (Fsp3) is 0.286. The summed E-state index contributed by atoms with van der Waals surface area (Å²) in [6, 6.07) is 2.07. The molecule has 2 rings (SSSR count). The van der Waals surface area contributed by atoms with Gasteiger partial charge >= 0.3 is 0 Å². The highest BCUT2D eigenvalue weighted by Gasteiger charge is 2.19. The summed E-state index contributed by atoms with van der Waals surface area (Å²) in [6.07, 6.45) is 0.569. The second-order valence-corrected chi connectivity index (χ2v) is 3.69. The van der Waals surface area contributed by atoms with Crippen LogP contribution in [0, 0.1) is 6.92 Å². The van der Waals surface area contributed by atoms with Crippen LogP contribution in [0.2, 0.25) is 0 Å². The zero-order valence-corrected chi connectivity index (χ0v) is 6.42. The molecule has 2 heterocycles. The molecule has 0 saturated heterocycles. The van der Waals surface area contributed by atoms with Crippen molar-refractivity contribution in [3.05, 3.63) is 16.5 Å². The minimum absolute atomic E-state index is 0.126. The van der Waals surface area contributed by atoms with E-state index in [0.29, 0.717) is 6.42 Å². The van der Waals surface area contributed by atoms with E-state index in [0.717, 1.165) is 10.6 Å². The number of hydrogen-bond donors (Lipinski definition) is 1. The smallest absolute Gasteiger partial charge is 0.229 e. The number of thiophene rings is 1. The molecule has 10 heavy (non-hydrogen) atoms. The first-order valence-corrected chi connectivity index (χ1v) is 3.96. The second-order valence-electron chi connectivity index (χ2n) is 2.44. The van der Waals surface area contributed by atoms with Crippen LogP contribution >= 0.6 is 11.3 Å². The molecule has 0 fully saturated rings. The van der Waals surface area contributed by atoms with E-state index in [4.69, 9.17) is 0 Å². The first kappa shape index (κ1) is 5.92. The van der Waals surface area contributed by atoms with Crippen molar-refractivity contribution in [2.45, 2.75) is 13.3 Å². The minimum atomic E-state index is 0.126. The summed E-state index contributed by atoms with van der Waals surface area (Å²) in [6.45, 7) is 2.05. The van der Waals surface area contributed by atoms with Gasteiger partial charge in [-0.25, -0.2) is 0 Å². The molecule has 0 bridgehead atoms. The van der Waals surface area contributed by atoms with Crippen molar-refractivity contribution in [1.82, 2.24) is 0 Å². The summed E-state index contributed by atoms with van der Waals surface area (Å²) >= 11 is 1.65. The van der Waals surface area contributed by atoms with Crippen LogP contribution in [0.3, 0.4) is 0 Å². The van der Waals surface area contributed by atoms with Gasteiger partial charge in [-0.3, -0.25) is 4.79 Å². The monoisotopic (exact) mass is 153 g/mol. The average molecular weight is 153 g/mol. The molecule has 52 valence electrons. The van der Waals surface area contributed by atoms with E-state index in [-0.39, 0.29) is 5.91 Å². The van der Waals surface area contributed by atoms with Gasteiger partial charge in [-0.1, -0.05) is 0 Å². The van der Waals surface area contributed by atoms with Crippen LogP contribution < -0.4 is 5.32 Å². The predicted octanol–water partition coefficient (Wildman–Crippen LogP) is 1.55. The van der Waals surface area contributed by atoms with Crippen molar-refractivity contribution in [3.63, 3.8) is 0 Å². The van der Waals surface area contributed by atoms with Gasteiger partial charge in [0, 0.05) is 4.88 Å². The molecule has 0 atom stereocenters. The number of nitrogens with one attached hydrogen (secondary N) is 1. The van der Waals surface area contributed by atoms with E-state index < -0.39 is 0 Å². The number of carbonyl (C=O) groups excluding carboxylic acids is 1. The Kier molecular flexibility index (Phi) is 1.08. The maximum Gasteiger partial charge on any atom is 0.229 e. The summed E-state index contributed by atoms with van der Waals surface area (Å²) < 4.78 is 0. The summed E-state index contributed by atoms with van der Waals surface area (Å²) in [7, 11) is 0. The van der Waals surface area contributed by atoms with Crippen LogP contribution in [0.1, 0.15) is 10.4 Å². The Morgan fingerprint density at radius 2 is 2.50 bits per heavy atom. The van der Waals surface area contributed by atoms with Gasteiger partial charge in [-0.05, 0) is 18.6 Å². The molecule has 1 aliphatic heterocycles. The Hall–Kier alpha value is -0.830. The molecule has 0 radical (unpaired) electrons. The predicted molar refractivity (Wildman–Crippen MR) is 41.4 cm³/mol. The number of anilines is 1. The third-order valence-electron chi connectivity index (χ3n) is 1.54. The van der Waals surface area contributed by atoms with E-state index >= 15 is 0 Å². The zero-order chi connectivity index (χ0) is 7.14. The lowest BCUT2D eigenvalue weighted by atomic mass is 10.2. The van der Waals surface area contributed by atoms with Crippen molar-refractivity contribution in [2.75, 3.05) is 5.32 Å². The number of hydrogen-bond acceptors (Lipinski definition) is 2. The molecule has 2 nitrogen and oxygen atoms in total. The molecule has 1 aromatic heterocycles. The van der Waals surface area contributed by atoms with Gasteiger partial charge in [0.15, 0.2) is 0 Å². The number of fused-ring (bicyclic) bond motifs is 1. The summed E-state index contributed by atoms with van der Waals surface area (Å²) in [5, 5.41) is 3.84. The Morgan fingerprint density at radius 1 is 1.70 bits per heavy atom. The normalized spacial score (nSPS) is 15.1. The van der Waals surface area contributed by atoms with E-state index in [1.165, 1.54) is 4.88 Å². The molecular formula is C7H7NOS. The minimum Gasteiger partial charge on any atom is -0.317 e. The second kappa shape index (κ2) is 1.83. The zero-order valence-electron chi connectivity index (χ0n) is 5.60. The molecule has 0 unspecified atom stereocenters. The van der Waals surface area contributed by atoms with Crippen LogP contribution in [0.5, 0.6) is 0 Å². The van der Waals surface area contributed by atoms with Crippen LogP contribution in [-0.2, 0) is 11.2 Å². The van der Waals surface area contributed by atoms with Gasteiger partial charge in [0.05, 0.1) is 11.4 Å². The summed E-state index contributed by atoms with van der Waals surface area (Å²) in [4.78, 5) is 12.0. The van der Waals surface area contributed by atoms with Crippen LogP contribution in [0.4, 0.5) is 5.00 Å². The lowest BCUT2D eigenvalue weighted by Crippen LogP contribution is -2.03. The van der Waals surface area contributed by atoms with Crippen molar-refractivity contribution in [1.29, 1.82) is 0 Å². The SMILES string of the molecule is Cc1cc2c(s1)NC(=O)C2. The van der Waals surface area contributed by atoms with E-state index in [2.05, 4.69) is 18.3 Å². The summed E-state index contributed by atoms with van der Waals surface area (Å²) in [5.74, 6) is 0.126. The molecule has 0 aromatic carbocycles. The Labute approximate surface area is 62.9 Å². The number of aryl methyl sites for hydroxylation is 1. The van der Waals surface area contributed by atoms with E-state index in [1.54, 1.807) is 11.3 Å². The van der Waals surface area contributed by atoms with Crippen molar-refractivity contribution in [2.24, 2.45) is 0 Å². The number of rotatable bonds is 0. The first-order chi connectivity index (χ1) is 4.75. The Bertz CT molecular complexity index is 264. The Morgan fingerprint density at radius 3 is 3.20 bits per heavy atom. The topological polar surface area (TPSA) is 29.1 Å². The standard InChI is InChI=1S/C7H7NOS/c1-4-2-5-3-6(9)8-7(5)10-4/h2H,3H2,1H3,(H,8,9). The van der Waals surface area contributed by atoms with Crippen LogP contribution in [0.15, 0.2) is 6.07 Å². The molecule has 3 heteroatoms. The van der Waals surface area contributed by atoms with E-state index in [1.807, 2.05) is 0 Å². The highest BCUT2D eigenvalue weighted by molar-refractivity contribution is 7.16. The van der Waals surface area contributed by atoms with E-state index in [9.17, 15) is 4.79 Å². The van der Waals surface area contributed by atoms with Crippen LogP contribution in [0.25, 0.3) is 0 Å². The lowest BCUT2D eigenvalue weighted by Gasteiger charge is -1.86. The fourth-order valence-corrected chi connectivity index (χ4v) is 2.10. The van der Waals surface area contributed by atoms with Gasteiger partial charge < -0.3 is 5.32 Å². The van der Waals surface area contributed by atoms with Gasteiger partial charge in [0.1, 0.15) is 0 Å². The first-order valence-electron chi connectivity index (χ1n) is 3.15.